The molecule has 1 aliphatic carbocycles. The molecular formula is C17H34N2O2. The van der Waals surface area contributed by atoms with Gasteiger partial charge in [0, 0.05) is 6.04 Å². The molecule has 0 aromatic rings. The lowest BCUT2D eigenvalue weighted by molar-refractivity contribution is 0.0506. The van der Waals surface area contributed by atoms with E-state index in [0.717, 1.165) is 31.3 Å². The lowest BCUT2D eigenvalue weighted by atomic mass is 9.83. The largest absolute Gasteiger partial charge is 0.444 e. The van der Waals surface area contributed by atoms with Gasteiger partial charge in [-0.15, -0.1) is 0 Å². The van der Waals surface area contributed by atoms with Crippen molar-refractivity contribution in [2.24, 2.45) is 11.8 Å². The summed E-state index contributed by atoms with van der Waals surface area (Å²) in [5.74, 6) is 1.76. The third kappa shape index (κ3) is 8.97. The summed E-state index contributed by atoms with van der Waals surface area (Å²) in [4.78, 5) is 11.6. The van der Waals surface area contributed by atoms with Crippen molar-refractivity contribution in [1.29, 1.82) is 0 Å². The molecule has 0 heterocycles. The van der Waals surface area contributed by atoms with Crippen LogP contribution in [0.4, 0.5) is 4.79 Å². The van der Waals surface area contributed by atoms with E-state index in [1.165, 1.54) is 25.7 Å². The van der Waals surface area contributed by atoms with Crippen molar-refractivity contribution in [2.45, 2.75) is 78.4 Å². The number of alkyl carbamates (subject to hydrolysis) is 1. The second-order valence-electron chi connectivity index (χ2n) is 7.67. The Morgan fingerprint density at radius 2 is 1.86 bits per heavy atom. The van der Waals surface area contributed by atoms with Crippen LogP contribution in [0.15, 0.2) is 0 Å². The summed E-state index contributed by atoms with van der Waals surface area (Å²) in [5, 5.41) is 6.41. The molecule has 1 unspecified atom stereocenters. The van der Waals surface area contributed by atoms with Gasteiger partial charge in [-0.05, 0) is 71.9 Å². The average Bonchev–Trinajstić information content (AvgIpc) is 2.34. The van der Waals surface area contributed by atoms with E-state index in [2.05, 4.69) is 17.6 Å². The maximum atomic E-state index is 11.6. The molecule has 1 amide bonds. The van der Waals surface area contributed by atoms with Crippen LogP contribution < -0.4 is 10.6 Å². The van der Waals surface area contributed by atoms with Gasteiger partial charge in [0.2, 0.25) is 0 Å². The van der Waals surface area contributed by atoms with E-state index >= 15 is 0 Å². The van der Waals surface area contributed by atoms with Crippen molar-refractivity contribution in [3.8, 4) is 0 Å². The molecule has 0 radical (unpaired) electrons. The molecule has 2 N–H and O–H groups in total. The number of nitrogens with one attached hydrogen (secondary N) is 2. The van der Waals surface area contributed by atoms with Gasteiger partial charge in [-0.3, -0.25) is 0 Å². The van der Waals surface area contributed by atoms with Crippen LogP contribution in [0.2, 0.25) is 0 Å². The molecule has 0 saturated heterocycles. The minimum absolute atomic E-state index is 0.138. The number of hydrogen-bond acceptors (Lipinski definition) is 3. The van der Waals surface area contributed by atoms with Crippen LogP contribution in [-0.2, 0) is 4.74 Å². The number of amides is 1. The lowest BCUT2D eigenvalue weighted by Crippen LogP contribution is -2.39. The van der Waals surface area contributed by atoms with E-state index in [-0.39, 0.29) is 12.1 Å². The average molecular weight is 298 g/mol. The molecule has 1 fully saturated rings. The molecule has 124 valence electrons. The van der Waals surface area contributed by atoms with Crippen molar-refractivity contribution in [2.75, 3.05) is 13.1 Å². The van der Waals surface area contributed by atoms with Gasteiger partial charge in [0.15, 0.2) is 0 Å². The zero-order valence-electron chi connectivity index (χ0n) is 14.5. The third-order valence-corrected chi connectivity index (χ3v) is 4.09. The monoisotopic (exact) mass is 298 g/mol. The first kappa shape index (κ1) is 18.3. The van der Waals surface area contributed by atoms with Crippen LogP contribution in [0, 0.1) is 11.8 Å². The summed E-state index contributed by atoms with van der Waals surface area (Å²) in [6, 6.07) is 0.138. The van der Waals surface area contributed by atoms with Crippen LogP contribution in [0.5, 0.6) is 0 Å². The predicted octanol–water partition coefficient (Wildman–Crippen LogP) is 3.71. The minimum atomic E-state index is -0.430. The third-order valence-electron chi connectivity index (χ3n) is 4.09. The van der Waals surface area contributed by atoms with Gasteiger partial charge in [0.25, 0.3) is 0 Å². The summed E-state index contributed by atoms with van der Waals surface area (Å²) in [6.07, 6.45) is 6.09. The molecule has 0 spiro atoms. The van der Waals surface area contributed by atoms with Crippen LogP contribution in [0.1, 0.15) is 66.7 Å². The molecule has 0 aliphatic heterocycles. The van der Waals surface area contributed by atoms with E-state index in [1.54, 1.807) is 0 Å². The highest BCUT2D eigenvalue weighted by molar-refractivity contribution is 5.67. The second kappa shape index (κ2) is 8.62. The number of rotatable bonds is 6. The fourth-order valence-electron chi connectivity index (χ4n) is 2.74. The Hall–Kier alpha value is -0.770. The first-order chi connectivity index (χ1) is 9.76. The highest BCUT2D eigenvalue weighted by atomic mass is 16.6. The SMILES string of the molecule is CC1CCC(CNCCC(C)NC(=O)OC(C)(C)C)CC1. The summed E-state index contributed by atoms with van der Waals surface area (Å²) in [6.45, 7) is 12.1. The van der Waals surface area contributed by atoms with E-state index in [0.29, 0.717) is 0 Å². The maximum absolute atomic E-state index is 11.6. The van der Waals surface area contributed by atoms with Gasteiger partial charge in [-0.2, -0.15) is 0 Å². The number of carbonyl (C=O) groups is 1. The molecule has 0 bridgehead atoms. The molecule has 4 nitrogen and oxygen atoms in total. The smallest absolute Gasteiger partial charge is 0.407 e. The Morgan fingerprint density at radius 1 is 1.24 bits per heavy atom. The quantitative estimate of drug-likeness (QED) is 0.735. The lowest BCUT2D eigenvalue weighted by Gasteiger charge is -2.26. The number of ether oxygens (including phenoxy) is 1. The highest BCUT2D eigenvalue weighted by Crippen LogP contribution is 2.27. The van der Waals surface area contributed by atoms with Crippen LogP contribution in [0.25, 0.3) is 0 Å². The van der Waals surface area contributed by atoms with Gasteiger partial charge in [0.05, 0.1) is 0 Å². The zero-order chi connectivity index (χ0) is 15.9. The Morgan fingerprint density at radius 3 is 2.43 bits per heavy atom. The number of hydrogen-bond donors (Lipinski definition) is 2. The maximum Gasteiger partial charge on any atom is 0.407 e. The summed E-state index contributed by atoms with van der Waals surface area (Å²) >= 11 is 0. The molecule has 1 atom stereocenters. The van der Waals surface area contributed by atoms with Crippen molar-refractivity contribution in [1.82, 2.24) is 10.6 Å². The van der Waals surface area contributed by atoms with Crippen molar-refractivity contribution < 1.29 is 9.53 Å². The molecule has 0 aromatic carbocycles. The minimum Gasteiger partial charge on any atom is -0.444 e. The van der Waals surface area contributed by atoms with Gasteiger partial charge in [-0.25, -0.2) is 4.79 Å². The fourth-order valence-corrected chi connectivity index (χ4v) is 2.74. The van der Waals surface area contributed by atoms with Gasteiger partial charge >= 0.3 is 6.09 Å². The van der Waals surface area contributed by atoms with Gasteiger partial charge in [-0.1, -0.05) is 19.8 Å². The molecule has 1 rings (SSSR count). The van der Waals surface area contributed by atoms with E-state index in [9.17, 15) is 4.79 Å². The van der Waals surface area contributed by atoms with E-state index < -0.39 is 5.60 Å². The van der Waals surface area contributed by atoms with E-state index in [1.807, 2.05) is 27.7 Å². The van der Waals surface area contributed by atoms with Crippen molar-refractivity contribution in [3.63, 3.8) is 0 Å². The highest BCUT2D eigenvalue weighted by Gasteiger charge is 2.19. The second-order valence-corrected chi connectivity index (χ2v) is 7.67. The van der Waals surface area contributed by atoms with Crippen LogP contribution >= 0.6 is 0 Å². The number of carbonyl (C=O) groups excluding carboxylic acids is 1. The predicted molar refractivity (Wildman–Crippen MR) is 87.4 cm³/mol. The molecule has 21 heavy (non-hydrogen) atoms. The molecule has 4 heteroatoms. The Labute approximate surface area is 130 Å². The standard InChI is InChI=1S/C17H34N2O2/c1-13-6-8-15(9-7-13)12-18-11-10-14(2)19-16(20)21-17(3,4)5/h13-15,18H,6-12H2,1-5H3,(H,19,20). The van der Waals surface area contributed by atoms with Crippen LogP contribution in [0.3, 0.4) is 0 Å². The summed E-state index contributed by atoms with van der Waals surface area (Å²) in [5.41, 5.74) is -0.430. The normalized spacial score (nSPS) is 24.4. The first-order valence-electron chi connectivity index (χ1n) is 8.46. The summed E-state index contributed by atoms with van der Waals surface area (Å²) in [7, 11) is 0. The molecule has 0 aromatic heterocycles. The molecule has 1 aliphatic rings. The van der Waals surface area contributed by atoms with Gasteiger partial charge < -0.3 is 15.4 Å². The van der Waals surface area contributed by atoms with Gasteiger partial charge in [0.1, 0.15) is 5.60 Å². The Kier molecular flexibility index (Phi) is 7.50. The zero-order valence-corrected chi connectivity index (χ0v) is 14.5. The first-order valence-corrected chi connectivity index (χ1v) is 8.46. The molecule has 1 saturated carbocycles. The van der Waals surface area contributed by atoms with Crippen molar-refractivity contribution >= 4 is 6.09 Å². The van der Waals surface area contributed by atoms with Crippen molar-refractivity contribution in [3.05, 3.63) is 0 Å². The fraction of sp³-hybridized carbons (Fsp3) is 0.941. The van der Waals surface area contributed by atoms with Crippen LogP contribution in [-0.4, -0.2) is 30.8 Å². The van der Waals surface area contributed by atoms with E-state index in [4.69, 9.17) is 4.74 Å². The topological polar surface area (TPSA) is 50.4 Å². The molecular weight excluding hydrogens is 264 g/mol. The Balaban J connectivity index is 2.05. The Bertz CT molecular complexity index is 304. The summed E-state index contributed by atoms with van der Waals surface area (Å²) < 4.78 is 5.25.